The first-order valence-corrected chi connectivity index (χ1v) is 6.89. The summed E-state index contributed by atoms with van der Waals surface area (Å²) in [5.41, 5.74) is 3.56. The molecule has 21 heavy (non-hydrogen) atoms. The summed E-state index contributed by atoms with van der Waals surface area (Å²) in [4.78, 5) is 18.9. The van der Waals surface area contributed by atoms with Gasteiger partial charge in [0.15, 0.2) is 0 Å². The number of rotatable bonds is 3. The zero-order valence-corrected chi connectivity index (χ0v) is 12.2. The Morgan fingerprint density at radius 1 is 1.14 bits per heavy atom. The highest BCUT2D eigenvalue weighted by Gasteiger charge is 2.07. The van der Waals surface area contributed by atoms with Gasteiger partial charge in [-0.25, -0.2) is 4.98 Å². The second-order valence-electron chi connectivity index (χ2n) is 5.16. The molecule has 0 spiro atoms. The third-order valence-electron chi connectivity index (χ3n) is 3.54. The molecule has 3 rings (SSSR count). The van der Waals surface area contributed by atoms with Crippen LogP contribution in [0.1, 0.15) is 11.3 Å². The van der Waals surface area contributed by atoms with Crippen molar-refractivity contribution in [3.05, 3.63) is 76.3 Å². The fourth-order valence-electron chi connectivity index (χ4n) is 2.41. The molecular weight excluding hydrogens is 262 g/mol. The highest BCUT2D eigenvalue weighted by atomic mass is 16.1. The molecule has 0 amide bonds. The number of hydrogen-bond donors (Lipinski definition) is 0. The summed E-state index contributed by atoms with van der Waals surface area (Å²) in [5.74, 6) is 0. The number of para-hydroxylation sites is 1. The van der Waals surface area contributed by atoms with Crippen molar-refractivity contribution in [3.63, 3.8) is 0 Å². The Hall–Kier alpha value is -2.62. The molecule has 0 aliphatic carbocycles. The third-order valence-corrected chi connectivity index (χ3v) is 3.54. The van der Waals surface area contributed by atoms with Gasteiger partial charge in [0.1, 0.15) is 5.65 Å². The summed E-state index contributed by atoms with van der Waals surface area (Å²) in [7, 11) is 2.00. The molecule has 106 valence electrons. The van der Waals surface area contributed by atoms with E-state index in [0.29, 0.717) is 6.54 Å². The molecule has 0 radical (unpaired) electrons. The topological polar surface area (TPSA) is 37.6 Å². The summed E-state index contributed by atoms with van der Waals surface area (Å²) >= 11 is 0. The van der Waals surface area contributed by atoms with Crippen LogP contribution in [0.15, 0.2) is 59.5 Å². The number of aryl methyl sites for hydroxylation is 1. The van der Waals surface area contributed by atoms with Crippen LogP contribution in [0.25, 0.3) is 5.65 Å². The fraction of sp³-hybridized carbons (Fsp3) is 0.176. The van der Waals surface area contributed by atoms with Crippen molar-refractivity contribution in [1.29, 1.82) is 0 Å². The Kier molecular flexibility index (Phi) is 3.44. The molecule has 0 fully saturated rings. The minimum Gasteiger partial charge on any atom is -0.369 e. The Morgan fingerprint density at radius 2 is 1.90 bits per heavy atom. The number of benzene rings is 1. The lowest BCUT2D eigenvalue weighted by Crippen LogP contribution is -2.21. The van der Waals surface area contributed by atoms with E-state index in [1.807, 2.05) is 56.4 Å². The number of anilines is 1. The maximum Gasteiger partial charge on any atom is 0.258 e. The Labute approximate surface area is 123 Å². The van der Waals surface area contributed by atoms with E-state index in [9.17, 15) is 4.79 Å². The normalized spacial score (nSPS) is 10.8. The zero-order chi connectivity index (χ0) is 14.8. The van der Waals surface area contributed by atoms with Crippen molar-refractivity contribution in [1.82, 2.24) is 9.38 Å². The van der Waals surface area contributed by atoms with E-state index < -0.39 is 0 Å². The van der Waals surface area contributed by atoms with Crippen LogP contribution in [0.5, 0.6) is 0 Å². The number of aromatic nitrogens is 2. The predicted molar refractivity (Wildman–Crippen MR) is 84.7 cm³/mol. The quantitative estimate of drug-likeness (QED) is 0.739. The molecule has 4 nitrogen and oxygen atoms in total. The van der Waals surface area contributed by atoms with Gasteiger partial charge in [0.25, 0.3) is 5.56 Å². The van der Waals surface area contributed by atoms with Crippen molar-refractivity contribution < 1.29 is 0 Å². The van der Waals surface area contributed by atoms with Crippen molar-refractivity contribution in [3.8, 4) is 0 Å². The highest BCUT2D eigenvalue weighted by Crippen LogP contribution is 2.14. The second-order valence-corrected chi connectivity index (χ2v) is 5.16. The van der Waals surface area contributed by atoms with Gasteiger partial charge in [0, 0.05) is 25.0 Å². The maximum absolute atomic E-state index is 12.2. The second kappa shape index (κ2) is 5.40. The monoisotopic (exact) mass is 279 g/mol. The molecule has 2 heterocycles. The van der Waals surface area contributed by atoms with E-state index in [1.165, 1.54) is 0 Å². The van der Waals surface area contributed by atoms with Crippen LogP contribution in [0.2, 0.25) is 0 Å². The van der Waals surface area contributed by atoms with Crippen LogP contribution in [0.3, 0.4) is 0 Å². The summed E-state index contributed by atoms with van der Waals surface area (Å²) in [6.07, 6.45) is 1.75. The summed E-state index contributed by atoms with van der Waals surface area (Å²) in [5, 5.41) is 0. The van der Waals surface area contributed by atoms with E-state index >= 15 is 0 Å². The molecule has 0 unspecified atom stereocenters. The van der Waals surface area contributed by atoms with Crippen molar-refractivity contribution in [2.75, 3.05) is 11.9 Å². The first-order chi connectivity index (χ1) is 10.1. The molecular formula is C17H17N3O. The Morgan fingerprint density at radius 3 is 2.67 bits per heavy atom. The summed E-state index contributed by atoms with van der Waals surface area (Å²) in [6.45, 7) is 2.57. The summed E-state index contributed by atoms with van der Waals surface area (Å²) < 4.78 is 1.58. The number of pyridine rings is 1. The predicted octanol–water partition coefficient (Wildman–Crippen LogP) is 2.64. The molecule has 4 heteroatoms. The highest BCUT2D eigenvalue weighted by molar-refractivity contribution is 5.48. The van der Waals surface area contributed by atoms with Crippen LogP contribution < -0.4 is 10.5 Å². The lowest BCUT2D eigenvalue weighted by atomic mass is 10.2. The molecule has 0 saturated carbocycles. The van der Waals surface area contributed by atoms with Crippen LogP contribution in [-0.4, -0.2) is 16.4 Å². The van der Waals surface area contributed by atoms with E-state index in [1.54, 1.807) is 16.7 Å². The van der Waals surface area contributed by atoms with Crippen LogP contribution >= 0.6 is 0 Å². The van der Waals surface area contributed by atoms with Gasteiger partial charge in [0.2, 0.25) is 0 Å². The first kappa shape index (κ1) is 13.4. The van der Waals surface area contributed by atoms with Crippen LogP contribution in [0, 0.1) is 6.92 Å². The SMILES string of the molecule is Cc1cccn2c(=O)cc(CN(C)c3ccccc3)nc12. The average molecular weight is 279 g/mol. The zero-order valence-electron chi connectivity index (χ0n) is 12.2. The molecule has 0 aliphatic heterocycles. The van der Waals surface area contributed by atoms with E-state index in [-0.39, 0.29) is 5.56 Å². The van der Waals surface area contributed by atoms with Gasteiger partial charge >= 0.3 is 0 Å². The van der Waals surface area contributed by atoms with Gasteiger partial charge in [-0.3, -0.25) is 9.20 Å². The smallest absolute Gasteiger partial charge is 0.258 e. The first-order valence-electron chi connectivity index (χ1n) is 6.89. The molecule has 2 aromatic heterocycles. The molecule has 0 bridgehead atoms. The van der Waals surface area contributed by atoms with Crippen molar-refractivity contribution in [2.45, 2.75) is 13.5 Å². The largest absolute Gasteiger partial charge is 0.369 e. The van der Waals surface area contributed by atoms with Crippen molar-refractivity contribution >= 4 is 11.3 Å². The minimum atomic E-state index is -0.0415. The third kappa shape index (κ3) is 2.65. The van der Waals surface area contributed by atoms with Gasteiger partial charge in [0.05, 0.1) is 12.2 Å². The minimum absolute atomic E-state index is 0.0415. The Bertz CT molecular complexity index is 824. The van der Waals surface area contributed by atoms with Gasteiger partial charge in [-0.05, 0) is 30.7 Å². The molecule has 1 aromatic carbocycles. The number of fused-ring (bicyclic) bond motifs is 1. The van der Waals surface area contributed by atoms with Crippen molar-refractivity contribution in [2.24, 2.45) is 0 Å². The number of hydrogen-bond acceptors (Lipinski definition) is 3. The molecule has 3 aromatic rings. The van der Waals surface area contributed by atoms with E-state index in [4.69, 9.17) is 0 Å². The van der Waals surface area contributed by atoms with Crippen LogP contribution in [0.4, 0.5) is 5.69 Å². The average Bonchev–Trinajstić information content (AvgIpc) is 2.49. The molecule has 0 N–H and O–H groups in total. The fourth-order valence-corrected chi connectivity index (χ4v) is 2.41. The van der Waals surface area contributed by atoms with Gasteiger partial charge in [-0.15, -0.1) is 0 Å². The molecule has 0 saturated heterocycles. The standard InChI is InChI=1S/C17H17N3O/c1-13-7-6-10-20-16(21)11-14(18-17(13)20)12-19(2)15-8-4-3-5-9-15/h3-11H,12H2,1-2H3. The maximum atomic E-state index is 12.2. The van der Waals surface area contributed by atoms with E-state index in [0.717, 1.165) is 22.6 Å². The van der Waals surface area contributed by atoms with Gasteiger partial charge in [-0.2, -0.15) is 0 Å². The Balaban J connectivity index is 1.98. The molecule has 0 atom stereocenters. The van der Waals surface area contributed by atoms with E-state index in [2.05, 4.69) is 9.88 Å². The van der Waals surface area contributed by atoms with Crippen LogP contribution in [-0.2, 0) is 6.54 Å². The lowest BCUT2D eigenvalue weighted by molar-refractivity contribution is 0.868. The molecule has 0 aliphatic rings. The van der Waals surface area contributed by atoms with Gasteiger partial charge in [-0.1, -0.05) is 24.3 Å². The summed E-state index contributed by atoms with van der Waals surface area (Å²) in [6, 6.07) is 15.5. The number of nitrogens with zero attached hydrogens (tertiary/aromatic N) is 3. The van der Waals surface area contributed by atoms with Gasteiger partial charge < -0.3 is 4.90 Å². The lowest BCUT2D eigenvalue weighted by Gasteiger charge is -2.19.